The molecule has 0 radical (unpaired) electrons. The van der Waals surface area contributed by atoms with Crippen molar-refractivity contribution in [1.29, 1.82) is 0 Å². The molecule has 7 nitrogen and oxygen atoms in total. The lowest BCUT2D eigenvalue weighted by Gasteiger charge is -2.30. The number of carbonyl (C=O) groups is 1. The third kappa shape index (κ3) is 5.50. The zero-order valence-corrected chi connectivity index (χ0v) is 20.3. The molecule has 2 atom stereocenters. The van der Waals surface area contributed by atoms with Gasteiger partial charge in [0.05, 0.1) is 32.2 Å². The van der Waals surface area contributed by atoms with E-state index in [0.29, 0.717) is 11.5 Å². The van der Waals surface area contributed by atoms with E-state index in [2.05, 4.69) is 17.4 Å². The molecule has 0 unspecified atom stereocenters. The van der Waals surface area contributed by atoms with E-state index in [9.17, 15) is 13.2 Å². The van der Waals surface area contributed by atoms with Crippen molar-refractivity contribution < 1.29 is 22.7 Å². The predicted octanol–water partition coefficient (Wildman–Crippen LogP) is 3.66. The van der Waals surface area contributed by atoms with Crippen molar-refractivity contribution in [1.82, 2.24) is 5.32 Å². The Morgan fingerprint density at radius 2 is 1.58 bits per heavy atom. The number of hydrogen-bond acceptors (Lipinski definition) is 5. The summed E-state index contributed by atoms with van der Waals surface area (Å²) in [6.07, 6.45) is 1.06. The van der Waals surface area contributed by atoms with Crippen molar-refractivity contribution in [3.8, 4) is 11.5 Å². The predicted molar refractivity (Wildman–Crippen MR) is 124 cm³/mol. The molecule has 1 amide bonds. The fourth-order valence-corrected chi connectivity index (χ4v) is 4.78. The van der Waals surface area contributed by atoms with Crippen LogP contribution >= 0.6 is 0 Å². The van der Waals surface area contributed by atoms with Crippen molar-refractivity contribution >= 4 is 21.6 Å². The fourth-order valence-electron chi connectivity index (χ4n) is 3.61. The highest BCUT2D eigenvalue weighted by Gasteiger charge is 2.32. The molecule has 31 heavy (non-hydrogen) atoms. The summed E-state index contributed by atoms with van der Waals surface area (Å²) in [7, 11) is -0.872. The Labute approximate surface area is 185 Å². The van der Waals surface area contributed by atoms with Gasteiger partial charge in [0.15, 0.2) is 0 Å². The number of nitrogens with zero attached hydrogens (tertiary/aromatic N) is 1. The number of ether oxygens (including phenoxy) is 2. The number of anilines is 1. The summed E-state index contributed by atoms with van der Waals surface area (Å²) in [5.41, 5.74) is 4.61. The number of nitrogens with one attached hydrogen (secondary N) is 1. The molecule has 1 N–H and O–H groups in total. The molecule has 0 bridgehead atoms. The van der Waals surface area contributed by atoms with E-state index in [4.69, 9.17) is 9.47 Å². The molecule has 0 saturated carbocycles. The van der Waals surface area contributed by atoms with Crippen LogP contribution in [0.15, 0.2) is 30.3 Å². The first-order chi connectivity index (χ1) is 14.4. The van der Waals surface area contributed by atoms with Gasteiger partial charge < -0.3 is 14.8 Å². The van der Waals surface area contributed by atoms with Crippen LogP contribution in [0.3, 0.4) is 0 Å². The Morgan fingerprint density at radius 3 is 2.13 bits per heavy atom. The van der Waals surface area contributed by atoms with Crippen molar-refractivity contribution in [2.24, 2.45) is 0 Å². The molecule has 0 aromatic heterocycles. The number of sulfonamides is 1. The van der Waals surface area contributed by atoms with E-state index < -0.39 is 22.0 Å². The Bertz CT molecular complexity index is 1070. The van der Waals surface area contributed by atoms with Crippen LogP contribution in [0, 0.1) is 20.8 Å². The number of aryl methyl sites for hydroxylation is 3. The summed E-state index contributed by atoms with van der Waals surface area (Å²) >= 11 is 0. The van der Waals surface area contributed by atoms with Crippen molar-refractivity contribution in [3.05, 3.63) is 52.6 Å². The van der Waals surface area contributed by atoms with Gasteiger partial charge in [0.2, 0.25) is 15.9 Å². The largest absolute Gasteiger partial charge is 0.497 e. The highest BCUT2D eigenvalue weighted by molar-refractivity contribution is 7.92. The van der Waals surface area contributed by atoms with E-state index in [1.165, 1.54) is 19.8 Å². The molecule has 0 spiro atoms. The molecular weight excluding hydrogens is 416 g/mol. The summed E-state index contributed by atoms with van der Waals surface area (Å²) < 4.78 is 37.0. The monoisotopic (exact) mass is 448 g/mol. The number of amides is 1. The third-order valence-electron chi connectivity index (χ3n) is 5.42. The van der Waals surface area contributed by atoms with Gasteiger partial charge in [0, 0.05) is 6.07 Å². The smallest absolute Gasteiger partial charge is 0.244 e. The number of rotatable bonds is 8. The number of benzene rings is 2. The summed E-state index contributed by atoms with van der Waals surface area (Å²) in [6, 6.07) is 7.66. The van der Waals surface area contributed by atoms with Crippen LogP contribution in [-0.2, 0) is 14.8 Å². The Balaban J connectivity index is 2.40. The van der Waals surface area contributed by atoms with Crippen LogP contribution in [0.25, 0.3) is 0 Å². The minimum absolute atomic E-state index is 0.238. The number of carbonyl (C=O) groups excluding carboxylic acids is 1. The van der Waals surface area contributed by atoms with E-state index in [1.807, 2.05) is 27.7 Å². The van der Waals surface area contributed by atoms with Gasteiger partial charge >= 0.3 is 0 Å². The molecule has 0 saturated heterocycles. The second-order valence-electron chi connectivity index (χ2n) is 7.80. The fraction of sp³-hybridized carbons (Fsp3) is 0.435. The lowest BCUT2D eigenvalue weighted by molar-refractivity contribution is -0.122. The van der Waals surface area contributed by atoms with Gasteiger partial charge in [-0.3, -0.25) is 9.10 Å². The standard InChI is InChI=1S/C23H32N2O5S/c1-14-11-16(3)20(12-15(14)2)17(4)24-23(26)18(5)25(31(8,27)28)21-13-19(29-6)9-10-22(21)30-7/h9-13,17-18H,1-8H3,(H,24,26)/t17-,18+/m0/s1. The minimum atomic E-state index is -3.80. The van der Waals surface area contributed by atoms with Crippen molar-refractivity contribution in [3.63, 3.8) is 0 Å². The minimum Gasteiger partial charge on any atom is -0.497 e. The Kier molecular flexibility index (Phi) is 7.59. The molecule has 170 valence electrons. The molecular formula is C23H32N2O5S. The summed E-state index contributed by atoms with van der Waals surface area (Å²) in [5, 5.41) is 2.95. The molecule has 0 aliphatic heterocycles. The summed E-state index contributed by atoms with van der Waals surface area (Å²) in [4.78, 5) is 13.1. The first-order valence-corrected chi connectivity index (χ1v) is 11.8. The maximum absolute atomic E-state index is 13.1. The molecule has 8 heteroatoms. The van der Waals surface area contributed by atoms with Crippen LogP contribution < -0.4 is 19.1 Å². The van der Waals surface area contributed by atoms with Gasteiger partial charge in [0.1, 0.15) is 17.5 Å². The van der Waals surface area contributed by atoms with E-state index in [1.54, 1.807) is 25.1 Å². The van der Waals surface area contributed by atoms with Crippen LogP contribution in [0.4, 0.5) is 5.69 Å². The molecule has 0 aliphatic rings. The average molecular weight is 449 g/mol. The van der Waals surface area contributed by atoms with Crippen molar-refractivity contribution in [2.75, 3.05) is 24.8 Å². The Hall–Kier alpha value is -2.74. The normalized spacial score (nSPS) is 13.3. The number of hydrogen-bond donors (Lipinski definition) is 1. The lowest BCUT2D eigenvalue weighted by Crippen LogP contribution is -2.48. The van der Waals surface area contributed by atoms with Crippen LogP contribution in [0.5, 0.6) is 11.5 Å². The molecule has 2 rings (SSSR count). The quantitative estimate of drug-likeness (QED) is 0.666. The Morgan fingerprint density at radius 1 is 0.968 bits per heavy atom. The van der Waals surface area contributed by atoms with E-state index in [0.717, 1.165) is 27.3 Å². The van der Waals surface area contributed by atoms with Gasteiger partial charge in [-0.25, -0.2) is 8.42 Å². The molecule has 2 aromatic rings. The second kappa shape index (κ2) is 9.60. The SMILES string of the molecule is COc1ccc(OC)c(N([C@H](C)C(=O)N[C@@H](C)c2cc(C)c(C)cc2C)S(C)(=O)=O)c1. The third-order valence-corrected chi connectivity index (χ3v) is 6.65. The second-order valence-corrected chi connectivity index (χ2v) is 9.66. The highest BCUT2D eigenvalue weighted by Crippen LogP contribution is 2.35. The average Bonchev–Trinajstić information content (AvgIpc) is 2.69. The number of methoxy groups -OCH3 is 2. The van der Waals surface area contributed by atoms with E-state index >= 15 is 0 Å². The first-order valence-electron chi connectivity index (χ1n) is 10.00. The van der Waals surface area contributed by atoms with Crippen LogP contribution in [0.2, 0.25) is 0 Å². The van der Waals surface area contributed by atoms with Gasteiger partial charge in [-0.15, -0.1) is 0 Å². The molecule has 2 aromatic carbocycles. The summed E-state index contributed by atoms with van der Waals surface area (Å²) in [6.45, 7) is 9.50. The maximum atomic E-state index is 13.1. The van der Waals surface area contributed by atoms with Gasteiger partial charge in [-0.1, -0.05) is 12.1 Å². The lowest BCUT2D eigenvalue weighted by atomic mass is 9.96. The van der Waals surface area contributed by atoms with Crippen LogP contribution in [-0.4, -0.2) is 40.8 Å². The summed E-state index contributed by atoms with van der Waals surface area (Å²) in [5.74, 6) is 0.362. The van der Waals surface area contributed by atoms with Gasteiger partial charge in [-0.2, -0.15) is 0 Å². The zero-order chi connectivity index (χ0) is 23.5. The zero-order valence-electron chi connectivity index (χ0n) is 19.4. The van der Waals surface area contributed by atoms with Crippen molar-refractivity contribution in [2.45, 2.75) is 46.7 Å². The van der Waals surface area contributed by atoms with Gasteiger partial charge in [0.25, 0.3) is 0 Å². The van der Waals surface area contributed by atoms with Gasteiger partial charge in [-0.05, 0) is 69.0 Å². The highest BCUT2D eigenvalue weighted by atomic mass is 32.2. The molecule has 0 heterocycles. The molecule has 0 aliphatic carbocycles. The van der Waals surface area contributed by atoms with Crippen LogP contribution in [0.1, 0.15) is 42.1 Å². The molecule has 0 fully saturated rings. The maximum Gasteiger partial charge on any atom is 0.244 e. The first kappa shape index (κ1) is 24.5. The van der Waals surface area contributed by atoms with E-state index in [-0.39, 0.29) is 11.7 Å². The topological polar surface area (TPSA) is 84.9 Å².